The van der Waals surface area contributed by atoms with Gasteiger partial charge < -0.3 is 0 Å². The summed E-state index contributed by atoms with van der Waals surface area (Å²) in [6.07, 6.45) is -2.88. The van der Waals surface area contributed by atoms with E-state index in [0.717, 1.165) is 12.3 Å². The van der Waals surface area contributed by atoms with Gasteiger partial charge in [-0.1, -0.05) is 43.7 Å². The molecule has 2 aromatic rings. The summed E-state index contributed by atoms with van der Waals surface area (Å²) < 4.78 is 40.1. The second kappa shape index (κ2) is 7.13. The van der Waals surface area contributed by atoms with Crippen LogP contribution in [0, 0.1) is 11.3 Å². The van der Waals surface area contributed by atoms with E-state index in [1.165, 1.54) is 0 Å². The summed E-state index contributed by atoms with van der Waals surface area (Å²) in [5.74, 6) is 0. The van der Waals surface area contributed by atoms with Crippen LogP contribution in [0.25, 0.3) is 0 Å². The van der Waals surface area contributed by atoms with Crippen molar-refractivity contribution in [3.8, 4) is 6.07 Å². The summed E-state index contributed by atoms with van der Waals surface area (Å²) in [7, 11) is 0. The molecule has 0 radical (unpaired) electrons. The molecule has 2 rings (SSSR count). The molecule has 24 heavy (non-hydrogen) atoms. The average molecular weight is 333 g/mol. The summed E-state index contributed by atoms with van der Waals surface area (Å²) in [5, 5.41) is 12.8. The van der Waals surface area contributed by atoms with E-state index in [2.05, 4.69) is 5.10 Å². The van der Waals surface area contributed by atoms with Crippen molar-refractivity contribution >= 4 is 6.21 Å². The molecular weight excluding hydrogens is 319 g/mol. The van der Waals surface area contributed by atoms with Crippen molar-refractivity contribution in [1.82, 2.24) is 4.68 Å². The number of aromatic nitrogens is 1. The lowest BCUT2D eigenvalue weighted by Gasteiger charge is -2.14. The molecule has 0 unspecified atom stereocenters. The highest BCUT2D eigenvalue weighted by Gasteiger charge is 2.36. The van der Waals surface area contributed by atoms with E-state index in [9.17, 15) is 18.0 Å². The van der Waals surface area contributed by atoms with Crippen molar-refractivity contribution in [3.05, 3.63) is 69.1 Å². The first-order valence-corrected chi connectivity index (χ1v) is 7.24. The molecule has 124 valence electrons. The van der Waals surface area contributed by atoms with E-state index >= 15 is 0 Å². The largest absolute Gasteiger partial charge is 0.433 e. The van der Waals surface area contributed by atoms with Gasteiger partial charge in [0.2, 0.25) is 0 Å². The molecule has 7 heteroatoms. The van der Waals surface area contributed by atoms with Crippen molar-refractivity contribution in [3.63, 3.8) is 0 Å². The van der Waals surface area contributed by atoms with Crippen LogP contribution in [0.15, 0.2) is 46.3 Å². The monoisotopic (exact) mass is 333 g/mol. The molecule has 1 aromatic carbocycles. The van der Waals surface area contributed by atoms with Gasteiger partial charge >= 0.3 is 6.18 Å². The Bertz CT molecular complexity index is 846. The molecule has 1 aromatic heterocycles. The standard InChI is InChI=1S/C17H14F3N3O/c1-2-6-13-9-15(17(18,19)20)23(16(24)14(13)10-21)22-11-12-7-4-3-5-8-12/h3-5,7-9,11H,2,6H2,1H3/b22-11+. The van der Waals surface area contributed by atoms with Gasteiger partial charge in [-0.2, -0.15) is 28.2 Å². The Morgan fingerprint density at radius 1 is 1.29 bits per heavy atom. The Labute approximate surface area is 136 Å². The molecule has 4 nitrogen and oxygen atoms in total. The van der Waals surface area contributed by atoms with Crippen molar-refractivity contribution in [2.75, 3.05) is 0 Å². The van der Waals surface area contributed by atoms with Crippen LogP contribution >= 0.6 is 0 Å². The zero-order valence-electron chi connectivity index (χ0n) is 12.8. The summed E-state index contributed by atoms with van der Waals surface area (Å²) in [6.45, 7) is 1.76. The zero-order chi connectivity index (χ0) is 17.7. The van der Waals surface area contributed by atoms with Gasteiger partial charge in [0.15, 0.2) is 0 Å². The third kappa shape index (κ3) is 3.71. The van der Waals surface area contributed by atoms with Gasteiger partial charge in [-0.05, 0) is 23.6 Å². The summed E-state index contributed by atoms with van der Waals surface area (Å²) >= 11 is 0. The normalized spacial score (nSPS) is 11.6. The second-order valence-electron chi connectivity index (χ2n) is 5.06. The number of hydrogen-bond acceptors (Lipinski definition) is 3. The van der Waals surface area contributed by atoms with Crippen LogP contribution in [-0.4, -0.2) is 10.9 Å². The molecule has 0 fully saturated rings. The highest BCUT2D eigenvalue weighted by Crippen LogP contribution is 2.29. The predicted octanol–water partition coefficient (Wildman–Crippen LogP) is 3.57. The average Bonchev–Trinajstić information content (AvgIpc) is 2.54. The number of halogens is 3. The lowest BCUT2D eigenvalue weighted by molar-refractivity contribution is -0.143. The Morgan fingerprint density at radius 3 is 2.50 bits per heavy atom. The smallest absolute Gasteiger partial charge is 0.266 e. The van der Waals surface area contributed by atoms with Gasteiger partial charge in [0, 0.05) is 0 Å². The van der Waals surface area contributed by atoms with Crippen LogP contribution < -0.4 is 5.56 Å². The highest BCUT2D eigenvalue weighted by atomic mass is 19.4. The molecule has 0 saturated heterocycles. The first kappa shape index (κ1) is 17.5. The minimum atomic E-state index is -4.76. The van der Waals surface area contributed by atoms with Gasteiger partial charge in [-0.3, -0.25) is 4.79 Å². The van der Waals surface area contributed by atoms with Crippen LogP contribution in [0.4, 0.5) is 13.2 Å². The number of benzene rings is 1. The van der Waals surface area contributed by atoms with Gasteiger partial charge in [0.05, 0.1) is 6.21 Å². The van der Waals surface area contributed by atoms with E-state index in [1.54, 1.807) is 43.3 Å². The van der Waals surface area contributed by atoms with Crippen molar-refractivity contribution in [2.24, 2.45) is 5.10 Å². The minimum absolute atomic E-state index is 0.0866. The number of pyridine rings is 1. The first-order chi connectivity index (χ1) is 11.4. The Balaban J connectivity index is 2.67. The molecule has 0 aliphatic rings. The van der Waals surface area contributed by atoms with Crippen molar-refractivity contribution in [2.45, 2.75) is 25.9 Å². The van der Waals surface area contributed by atoms with Gasteiger partial charge in [0.1, 0.15) is 17.3 Å². The Kier molecular flexibility index (Phi) is 5.19. The van der Waals surface area contributed by atoms with E-state index < -0.39 is 17.4 Å². The van der Waals surface area contributed by atoms with Gasteiger partial charge in [-0.15, -0.1) is 0 Å². The molecule has 0 amide bonds. The molecule has 0 saturated carbocycles. The zero-order valence-corrected chi connectivity index (χ0v) is 12.8. The highest BCUT2D eigenvalue weighted by molar-refractivity contribution is 5.79. The molecular formula is C17H14F3N3O. The maximum Gasteiger partial charge on any atom is 0.433 e. The number of nitrogens with zero attached hydrogens (tertiary/aromatic N) is 3. The summed E-state index contributed by atoms with van der Waals surface area (Å²) in [6, 6.07) is 10.9. The molecule has 0 bridgehead atoms. The van der Waals surface area contributed by atoms with Crippen LogP contribution in [0.3, 0.4) is 0 Å². The quantitative estimate of drug-likeness (QED) is 0.803. The van der Waals surface area contributed by atoms with Crippen LogP contribution in [0.2, 0.25) is 0 Å². The first-order valence-electron chi connectivity index (χ1n) is 7.24. The van der Waals surface area contributed by atoms with E-state index in [0.29, 0.717) is 12.0 Å². The van der Waals surface area contributed by atoms with Crippen LogP contribution in [0.5, 0.6) is 0 Å². The van der Waals surface area contributed by atoms with Crippen LogP contribution in [0.1, 0.15) is 35.7 Å². The molecule has 0 aliphatic carbocycles. The lowest BCUT2D eigenvalue weighted by atomic mass is 10.0. The van der Waals surface area contributed by atoms with Gasteiger partial charge in [0.25, 0.3) is 5.56 Å². The Hall–Kier alpha value is -2.88. The van der Waals surface area contributed by atoms with E-state index in [4.69, 9.17) is 5.26 Å². The fourth-order valence-corrected chi connectivity index (χ4v) is 2.22. The Morgan fingerprint density at radius 2 is 1.96 bits per heavy atom. The fraction of sp³-hybridized carbons (Fsp3) is 0.235. The number of rotatable bonds is 4. The summed E-state index contributed by atoms with van der Waals surface area (Å²) in [4.78, 5) is 12.3. The van der Waals surface area contributed by atoms with E-state index in [1.807, 2.05) is 0 Å². The van der Waals surface area contributed by atoms with Crippen LogP contribution in [-0.2, 0) is 12.6 Å². The van der Waals surface area contributed by atoms with Gasteiger partial charge in [-0.25, -0.2) is 0 Å². The molecule has 0 aliphatic heterocycles. The fourth-order valence-electron chi connectivity index (χ4n) is 2.22. The maximum atomic E-state index is 13.3. The minimum Gasteiger partial charge on any atom is -0.266 e. The number of hydrogen-bond donors (Lipinski definition) is 0. The van der Waals surface area contributed by atoms with Crippen molar-refractivity contribution in [1.29, 1.82) is 5.26 Å². The number of alkyl halides is 3. The van der Waals surface area contributed by atoms with Crippen molar-refractivity contribution < 1.29 is 13.2 Å². The third-order valence-electron chi connectivity index (χ3n) is 3.31. The molecule has 0 N–H and O–H groups in total. The maximum absolute atomic E-state index is 13.3. The SMILES string of the molecule is CCCc1cc(C(F)(F)F)n(/N=C/c2ccccc2)c(=O)c1C#N. The molecule has 0 atom stereocenters. The van der Waals surface area contributed by atoms with E-state index in [-0.39, 0.29) is 22.2 Å². The predicted molar refractivity (Wildman–Crippen MR) is 83.8 cm³/mol. The lowest BCUT2D eigenvalue weighted by Crippen LogP contribution is -2.28. The third-order valence-corrected chi connectivity index (χ3v) is 3.31. The number of aryl methyl sites for hydroxylation is 1. The summed E-state index contributed by atoms with van der Waals surface area (Å²) in [5.41, 5.74) is -1.95. The molecule has 0 spiro atoms. The topological polar surface area (TPSA) is 58.1 Å². The second-order valence-corrected chi connectivity index (χ2v) is 5.06. The number of nitriles is 1. The molecule has 1 heterocycles.